The SMILES string of the molecule is O=S(=O)(NC1CCC(CCN2CCN(c3ccccc3F)CC2)CC1)c1ccc(-c2ccccc2)cc1. The number of hydrogen-bond acceptors (Lipinski definition) is 4. The molecule has 1 aliphatic carbocycles. The second kappa shape index (κ2) is 11.8. The summed E-state index contributed by atoms with van der Waals surface area (Å²) >= 11 is 0. The fourth-order valence-electron chi connectivity index (χ4n) is 5.60. The molecule has 1 aliphatic heterocycles. The zero-order valence-corrected chi connectivity index (χ0v) is 22.0. The predicted octanol–water partition coefficient (Wildman–Crippen LogP) is 5.54. The number of hydrogen-bond donors (Lipinski definition) is 1. The average Bonchev–Trinajstić information content (AvgIpc) is 2.94. The highest BCUT2D eigenvalue weighted by atomic mass is 32.2. The van der Waals surface area contributed by atoms with Crippen molar-refractivity contribution in [2.75, 3.05) is 37.6 Å². The molecule has 0 radical (unpaired) electrons. The van der Waals surface area contributed by atoms with Crippen LogP contribution < -0.4 is 9.62 Å². The van der Waals surface area contributed by atoms with Crippen molar-refractivity contribution >= 4 is 15.7 Å². The van der Waals surface area contributed by atoms with Crippen molar-refractivity contribution in [2.24, 2.45) is 5.92 Å². The van der Waals surface area contributed by atoms with Gasteiger partial charge in [0.2, 0.25) is 10.0 Å². The van der Waals surface area contributed by atoms with E-state index in [9.17, 15) is 12.8 Å². The van der Waals surface area contributed by atoms with Crippen molar-refractivity contribution in [3.05, 3.63) is 84.7 Å². The fraction of sp³-hybridized carbons (Fsp3) is 0.400. The molecule has 0 aromatic heterocycles. The molecule has 5 nitrogen and oxygen atoms in total. The van der Waals surface area contributed by atoms with Crippen molar-refractivity contribution < 1.29 is 12.8 Å². The number of halogens is 1. The van der Waals surface area contributed by atoms with Gasteiger partial charge >= 0.3 is 0 Å². The van der Waals surface area contributed by atoms with Crippen LogP contribution in [0.25, 0.3) is 11.1 Å². The number of nitrogens with one attached hydrogen (secondary N) is 1. The van der Waals surface area contributed by atoms with E-state index >= 15 is 0 Å². The van der Waals surface area contributed by atoms with E-state index in [2.05, 4.69) is 14.5 Å². The maximum Gasteiger partial charge on any atom is 0.240 e. The Labute approximate surface area is 220 Å². The molecule has 0 spiro atoms. The Morgan fingerprint density at radius 1 is 0.757 bits per heavy atom. The van der Waals surface area contributed by atoms with Gasteiger partial charge in [0.1, 0.15) is 5.82 Å². The first kappa shape index (κ1) is 25.9. The summed E-state index contributed by atoms with van der Waals surface area (Å²) in [6.07, 6.45) is 5.00. The Hall–Kier alpha value is -2.74. The summed E-state index contributed by atoms with van der Waals surface area (Å²) in [6, 6.07) is 24.1. The monoisotopic (exact) mass is 521 g/mol. The Morgan fingerprint density at radius 3 is 2.05 bits per heavy atom. The lowest BCUT2D eigenvalue weighted by Crippen LogP contribution is -2.47. The standard InChI is InChI=1S/C30H36FN3O2S/c31-29-8-4-5-9-30(29)34-22-20-33(21-23-34)19-18-24-10-14-27(15-11-24)32-37(35,36)28-16-12-26(13-17-28)25-6-2-1-3-7-25/h1-9,12-13,16-17,24,27,32H,10-11,14-15,18-23H2. The van der Waals surface area contributed by atoms with Crippen LogP contribution in [0.15, 0.2) is 83.8 Å². The molecule has 196 valence electrons. The van der Waals surface area contributed by atoms with Gasteiger partial charge in [-0.05, 0) is 80.0 Å². The molecule has 0 bridgehead atoms. The van der Waals surface area contributed by atoms with Crippen molar-refractivity contribution in [1.29, 1.82) is 0 Å². The molecule has 1 N–H and O–H groups in total. The average molecular weight is 522 g/mol. The van der Waals surface area contributed by atoms with E-state index < -0.39 is 10.0 Å². The Bertz CT molecular complexity index is 1250. The van der Waals surface area contributed by atoms with Gasteiger partial charge in [0, 0.05) is 32.2 Å². The molecule has 3 aromatic carbocycles. The van der Waals surface area contributed by atoms with Crippen LogP contribution in [-0.4, -0.2) is 52.1 Å². The molecular formula is C30H36FN3O2S. The minimum Gasteiger partial charge on any atom is -0.367 e. The smallest absolute Gasteiger partial charge is 0.240 e. The van der Waals surface area contributed by atoms with Crippen LogP contribution in [0.5, 0.6) is 0 Å². The van der Waals surface area contributed by atoms with Crippen LogP contribution >= 0.6 is 0 Å². The number of nitrogens with zero attached hydrogens (tertiary/aromatic N) is 2. The Morgan fingerprint density at radius 2 is 1.38 bits per heavy atom. The highest BCUT2D eigenvalue weighted by Gasteiger charge is 2.27. The van der Waals surface area contributed by atoms with Crippen molar-refractivity contribution in [2.45, 2.75) is 43.0 Å². The molecule has 3 aromatic rings. The molecule has 2 fully saturated rings. The van der Waals surface area contributed by atoms with Crippen molar-refractivity contribution in [3.63, 3.8) is 0 Å². The van der Waals surface area contributed by atoms with Gasteiger partial charge in [-0.3, -0.25) is 4.90 Å². The normalized spacial score (nSPS) is 21.2. The van der Waals surface area contributed by atoms with Crippen LogP contribution in [0.1, 0.15) is 32.1 Å². The summed E-state index contributed by atoms with van der Waals surface area (Å²) in [6.45, 7) is 4.66. The third-order valence-corrected chi connectivity index (χ3v) is 9.40. The summed E-state index contributed by atoms with van der Waals surface area (Å²) in [7, 11) is -3.53. The van der Waals surface area contributed by atoms with Gasteiger partial charge in [-0.1, -0.05) is 54.6 Å². The zero-order valence-electron chi connectivity index (χ0n) is 21.2. The highest BCUT2D eigenvalue weighted by Crippen LogP contribution is 2.29. The number of anilines is 1. The van der Waals surface area contributed by atoms with E-state index in [4.69, 9.17) is 0 Å². The maximum atomic E-state index is 14.1. The van der Waals surface area contributed by atoms with Crippen LogP contribution in [-0.2, 0) is 10.0 Å². The lowest BCUT2D eigenvalue weighted by molar-refractivity contribution is 0.214. The van der Waals surface area contributed by atoms with E-state index in [1.54, 1.807) is 18.2 Å². The van der Waals surface area contributed by atoms with Gasteiger partial charge in [0.05, 0.1) is 10.6 Å². The molecular weight excluding hydrogens is 485 g/mol. The third-order valence-electron chi connectivity index (χ3n) is 7.86. The van der Waals surface area contributed by atoms with Gasteiger partial charge in [-0.25, -0.2) is 17.5 Å². The molecule has 1 saturated heterocycles. The minimum absolute atomic E-state index is 0.000589. The molecule has 5 rings (SSSR count). The predicted molar refractivity (Wildman–Crippen MR) is 148 cm³/mol. The lowest BCUT2D eigenvalue weighted by atomic mass is 9.84. The van der Waals surface area contributed by atoms with Gasteiger partial charge in [0.15, 0.2) is 0 Å². The quantitative estimate of drug-likeness (QED) is 0.423. The van der Waals surface area contributed by atoms with Gasteiger partial charge < -0.3 is 4.90 Å². The summed E-state index contributed by atoms with van der Waals surface area (Å²) in [5.41, 5.74) is 2.79. The molecule has 1 saturated carbocycles. The summed E-state index contributed by atoms with van der Waals surface area (Å²) in [5, 5.41) is 0. The summed E-state index contributed by atoms with van der Waals surface area (Å²) in [4.78, 5) is 4.94. The van der Waals surface area contributed by atoms with Crippen LogP contribution in [0.2, 0.25) is 0 Å². The zero-order chi connectivity index (χ0) is 25.7. The second-order valence-corrected chi connectivity index (χ2v) is 12.0. The van der Waals surface area contributed by atoms with Crippen LogP contribution in [0.3, 0.4) is 0 Å². The summed E-state index contributed by atoms with van der Waals surface area (Å²) < 4.78 is 43.0. The van der Waals surface area contributed by atoms with Crippen molar-refractivity contribution in [3.8, 4) is 11.1 Å². The van der Waals surface area contributed by atoms with Crippen LogP contribution in [0, 0.1) is 11.7 Å². The number of sulfonamides is 1. The topological polar surface area (TPSA) is 52.7 Å². The molecule has 0 amide bonds. The Kier molecular flexibility index (Phi) is 8.23. The number of para-hydroxylation sites is 1. The number of benzene rings is 3. The first-order chi connectivity index (χ1) is 18.0. The summed E-state index contributed by atoms with van der Waals surface area (Å²) in [5.74, 6) is 0.489. The van der Waals surface area contributed by atoms with E-state index in [0.29, 0.717) is 16.5 Å². The molecule has 37 heavy (non-hydrogen) atoms. The van der Waals surface area contributed by atoms with E-state index in [1.165, 1.54) is 6.07 Å². The van der Waals surface area contributed by atoms with Crippen LogP contribution in [0.4, 0.5) is 10.1 Å². The first-order valence-electron chi connectivity index (χ1n) is 13.4. The highest BCUT2D eigenvalue weighted by molar-refractivity contribution is 7.89. The second-order valence-electron chi connectivity index (χ2n) is 10.3. The van der Waals surface area contributed by atoms with Gasteiger partial charge in [-0.2, -0.15) is 0 Å². The van der Waals surface area contributed by atoms with E-state index in [1.807, 2.05) is 54.6 Å². The first-order valence-corrected chi connectivity index (χ1v) is 14.9. The third kappa shape index (κ3) is 6.58. The molecule has 0 atom stereocenters. The Balaban J connectivity index is 1.05. The molecule has 2 aliphatic rings. The lowest BCUT2D eigenvalue weighted by Gasteiger charge is -2.37. The molecule has 0 unspecified atom stereocenters. The van der Waals surface area contributed by atoms with E-state index in [-0.39, 0.29) is 11.9 Å². The fourth-order valence-corrected chi connectivity index (χ4v) is 6.90. The molecule has 1 heterocycles. The van der Waals surface area contributed by atoms with E-state index in [0.717, 1.165) is 76.0 Å². The minimum atomic E-state index is -3.53. The van der Waals surface area contributed by atoms with Gasteiger partial charge in [0.25, 0.3) is 0 Å². The van der Waals surface area contributed by atoms with Crippen molar-refractivity contribution in [1.82, 2.24) is 9.62 Å². The maximum absolute atomic E-state index is 14.1. The van der Waals surface area contributed by atoms with Gasteiger partial charge in [-0.15, -0.1) is 0 Å². The molecule has 7 heteroatoms. The number of piperazine rings is 1. The number of rotatable bonds is 8. The largest absolute Gasteiger partial charge is 0.367 e.